The highest BCUT2D eigenvalue weighted by Gasteiger charge is 2.36. The fourth-order valence-corrected chi connectivity index (χ4v) is 3.80. The van der Waals surface area contributed by atoms with Gasteiger partial charge in [-0.05, 0) is 24.7 Å². The molecule has 3 rings (SSSR count). The van der Waals surface area contributed by atoms with Crippen LogP contribution in [0.25, 0.3) is 10.3 Å². The van der Waals surface area contributed by atoms with Gasteiger partial charge in [-0.1, -0.05) is 11.8 Å². The Kier molecular flexibility index (Phi) is 3.52. The quantitative estimate of drug-likeness (QED) is 0.828. The molecule has 0 radical (unpaired) electrons. The van der Waals surface area contributed by atoms with Crippen molar-refractivity contribution in [2.75, 3.05) is 12.9 Å². The smallest absolute Gasteiger partial charge is 0.171 e. The van der Waals surface area contributed by atoms with Crippen molar-refractivity contribution in [1.82, 2.24) is 13.9 Å². The van der Waals surface area contributed by atoms with Crippen molar-refractivity contribution in [3.05, 3.63) is 5.69 Å². The van der Waals surface area contributed by atoms with Gasteiger partial charge in [-0.15, -0.1) is 0 Å². The maximum absolute atomic E-state index is 9.88. The average Bonchev–Trinajstić information content (AvgIpc) is 3.04. The predicted molar refractivity (Wildman–Crippen MR) is 73.5 cm³/mol. The van der Waals surface area contributed by atoms with Gasteiger partial charge in [-0.25, -0.2) is 4.98 Å². The van der Waals surface area contributed by atoms with Gasteiger partial charge < -0.3 is 14.9 Å². The van der Waals surface area contributed by atoms with Crippen molar-refractivity contribution in [1.29, 1.82) is 0 Å². The molecule has 0 amide bonds. The second kappa shape index (κ2) is 5.02. The molecule has 19 heavy (non-hydrogen) atoms. The molecule has 0 unspecified atom stereocenters. The molecule has 2 N–H and O–H groups in total. The van der Waals surface area contributed by atoms with E-state index in [0.29, 0.717) is 6.42 Å². The number of hydrogen-bond acceptors (Lipinski definition) is 7. The summed E-state index contributed by atoms with van der Waals surface area (Å²) in [4.78, 5) is 5.41. The van der Waals surface area contributed by atoms with Crippen molar-refractivity contribution in [3.8, 4) is 0 Å². The Morgan fingerprint density at radius 2 is 2.37 bits per heavy atom. The Morgan fingerprint density at radius 1 is 1.58 bits per heavy atom. The van der Waals surface area contributed by atoms with Crippen LogP contribution in [0.3, 0.4) is 0 Å². The third-order valence-corrected chi connectivity index (χ3v) is 4.79. The van der Waals surface area contributed by atoms with Crippen molar-refractivity contribution >= 4 is 33.6 Å². The van der Waals surface area contributed by atoms with Gasteiger partial charge in [0, 0.05) is 6.42 Å². The van der Waals surface area contributed by atoms with Crippen LogP contribution in [0.15, 0.2) is 5.16 Å². The summed E-state index contributed by atoms with van der Waals surface area (Å²) < 4.78 is 12.0. The second-order valence-electron chi connectivity index (χ2n) is 4.51. The Hall–Kier alpha value is -0.670. The maximum Gasteiger partial charge on any atom is 0.171 e. The van der Waals surface area contributed by atoms with Crippen LogP contribution in [0, 0.1) is 6.92 Å². The molecule has 1 fully saturated rings. The summed E-state index contributed by atoms with van der Waals surface area (Å²) in [7, 11) is 0. The highest BCUT2D eigenvalue weighted by molar-refractivity contribution is 7.98. The van der Waals surface area contributed by atoms with E-state index < -0.39 is 12.2 Å². The minimum Gasteiger partial charge on any atom is -0.394 e. The Balaban J connectivity index is 2.06. The summed E-state index contributed by atoms with van der Waals surface area (Å²) in [6, 6.07) is 0. The number of aliphatic hydroxyl groups excluding tert-OH is 2. The van der Waals surface area contributed by atoms with E-state index in [-0.39, 0.29) is 12.8 Å². The number of rotatable bonds is 3. The van der Waals surface area contributed by atoms with E-state index in [0.717, 1.165) is 21.2 Å². The van der Waals surface area contributed by atoms with Gasteiger partial charge in [0.15, 0.2) is 9.99 Å². The van der Waals surface area contributed by atoms with Gasteiger partial charge in [0.05, 0.1) is 18.4 Å². The van der Waals surface area contributed by atoms with Gasteiger partial charge in [-0.2, -0.15) is 4.37 Å². The van der Waals surface area contributed by atoms with Crippen LogP contribution in [-0.4, -0.2) is 49.2 Å². The molecule has 6 nitrogen and oxygen atoms in total. The lowest BCUT2D eigenvalue weighted by atomic mass is 10.2. The molecule has 0 saturated carbocycles. The maximum atomic E-state index is 9.88. The van der Waals surface area contributed by atoms with Crippen LogP contribution in [-0.2, 0) is 4.74 Å². The van der Waals surface area contributed by atoms with Gasteiger partial charge >= 0.3 is 0 Å². The molecule has 1 aliphatic rings. The largest absolute Gasteiger partial charge is 0.394 e. The van der Waals surface area contributed by atoms with E-state index in [1.807, 2.05) is 17.7 Å². The second-order valence-corrected chi connectivity index (χ2v) is 6.03. The monoisotopic (exact) mass is 301 g/mol. The summed E-state index contributed by atoms with van der Waals surface area (Å²) >= 11 is 2.91. The molecule has 2 aromatic heterocycles. The highest BCUT2D eigenvalue weighted by Crippen LogP contribution is 2.37. The van der Waals surface area contributed by atoms with E-state index in [9.17, 15) is 10.2 Å². The SMILES string of the molecule is CSc1nc2snc(C)c2n1[C@H]1C[C@H](O)[C@@H](CO)O1. The van der Waals surface area contributed by atoms with E-state index >= 15 is 0 Å². The number of hydrogen-bond donors (Lipinski definition) is 2. The fraction of sp³-hybridized carbons (Fsp3) is 0.636. The van der Waals surface area contributed by atoms with Crippen molar-refractivity contribution in [2.24, 2.45) is 0 Å². The Bertz CT molecular complexity index is 597. The number of ether oxygens (including phenoxy) is 1. The molecular weight excluding hydrogens is 286 g/mol. The van der Waals surface area contributed by atoms with Crippen LogP contribution in [0.5, 0.6) is 0 Å². The topological polar surface area (TPSA) is 80.4 Å². The molecule has 8 heteroatoms. The van der Waals surface area contributed by atoms with Gasteiger partial charge in [0.1, 0.15) is 17.8 Å². The molecule has 3 atom stereocenters. The zero-order chi connectivity index (χ0) is 13.6. The van der Waals surface area contributed by atoms with Crippen molar-refractivity contribution in [3.63, 3.8) is 0 Å². The minimum atomic E-state index is -0.644. The Morgan fingerprint density at radius 3 is 3.00 bits per heavy atom. The minimum absolute atomic E-state index is 0.176. The molecule has 104 valence electrons. The first-order valence-electron chi connectivity index (χ1n) is 5.98. The van der Waals surface area contributed by atoms with Crippen LogP contribution < -0.4 is 0 Å². The predicted octanol–water partition coefficient (Wildman–Crippen LogP) is 1.16. The van der Waals surface area contributed by atoms with Gasteiger partial charge in [0.25, 0.3) is 0 Å². The molecule has 1 saturated heterocycles. The third-order valence-electron chi connectivity index (χ3n) is 3.31. The Labute approximate surface area is 118 Å². The molecular formula is C11H15N3O3S2. The third kappa shape index (κ3) is 2.07. The molecule has 0 aliphatic carbocycles. The number of imidazole rings is 1. The van der Waals surface area contributed by atoms with Crippen LogP contribution >= 0.6 is 23.3 Å². The molecule has 0 aromatic carbocycles. The molecule has 2 aromatic rings. The number of aliphatic hydroxyl groups is 2. The van der Waals surface area contributed by atoms with Gasteiger partial charge in [0.2, 0.25) is 0 Å². The highest BCUT2D eigenvalue weighted by atomic mass is 32.2. The number of fused-ring (bicyclic) bond motifs is 1. The zero-order valence-corrected chi connectivity index (χ0v) is 12.2. The lowest BCUT2D eigenvalue weighted by Gasteiger charge is -2.16. The molecule has 0 spiro atoms. The summed E-state index contributed by atoms with van der Waals surface area (Å²) in [6.07, 6.45) is 0.951. The first-order valence-corrected chi connectivity index (χ1v) is 7.98. The normalized spacial score (nSPS) is 27.5. The van der Waals surface area contributed by atoms with Crippen LogP contribution in [0.2, 0.25) is 0 Å². The molecule has 1 aliphatic heterocycles. The molecule has 3 heterocycles. The summed E-state index contributed by atoms with van der Waals surface area (Å²) in [6.45, 7) is 1.76. The van der Waals surface area contributed by atoms with E-state index in [1.54, 1.807) is 0 Å². The van der Waals surface area contributed by atoms with Crippen LogP contribution in [0.1, 0.15) is 18.3 Å². The molecule has 0 bridgehead atoms. The van der Waals surface area contributed by atoms with Crippen molar-refractivity contribution in [2.45, 2.75) is 36.9 Å². The first-order chi connectivity index (χ1) is 9.15. The van der Waals surface area contributed by atoms with Gasteiger partial charge in [-0.3, -0.25) is 4.57 Å². The summed E-state index contributed by atoms with van der Waals surface area (Å²) in [5, 5.41) is 19.9. The summed E-state index contributed by atoms with van der Waals surface area (Å²) in [5.74, 6) is 0. The van der Waals surface area contributed by atoms with Crippen LogP contribution in [0.4, 0.5) is 0 Å². The fourth-order valence-electron chi connectivity index (χ4n) is 2.39. The number of nitrogens with zero attached hydrogens (tertiary/aromatic N) is 3. The van der Waals surface area contributed by atoms with Crippen molar-refractivity contribution < 1.29 is 14.9 Å². The van der Waals surface area contributed by atoms with E-state index in [2.05, 4.69) is 9.36 Å². The first kappa shape index (κ1) is 13.3. The lowest BCUT2D eigenvalue weighted by Crippen LogP contribution is -2.24. The summed E-state index contributed by atoms with van der Waals surface area (Å²) in [5.41, 5.74) is 1.88. The number of thioether (sulfide) groups is 1. The van der Waals surface area contributed by atoms with E-state index in [4.69, 9.17) is 4.74 Å². The zero-order valence-electron chi connectivity index (χ0n) is 10.6. The van der Waals surface area contributed by atoms with E-state index in [1.165, 1.54) is 23.3 Å². The number of aromatic nitrogens is 3. The standard InChI is InChI=1S/C11H15N3O3S2/c1-5-9-10(19-13-5)12-11(18-2)14(9)8-3-6(16)7(4-15)17-8/h6-8,15-16H,3-4H2,1-2H3/t6-,7+,8+/m0/s1. The number of aryl methyl sites for hydroxylation is 1. The average molecular weight is 301 g/mol. The lowest BCUT2D eigenvalue weighted by molar-refractivity contribution is -0.0456.